The molecule has 0 amide bonds. The second kappa shape index (κ2) is 7.69. The molecule has 0 unspecified atom stereocenters. The summed E-state index contributed by atoms with van der Waals surface area (Å²) in [7, 11) is 0. The first-order valence-corrected chi connectivity index (χ1v) is 7.97. The number of hydrogen-bond donors (Lipinski definition) is 0. The Labute approximate surface area is 143 Å². The molecule has 0 heterocycles. The summed E-state index contributed by atoms with van der Waals surface area (Å²) in [6, 6.07) is 15.1. The largest absolute Gasteiger partial charge is 0.295 e. The van der Waals surface area contributed by atoms with E-state index < -0.39 is 0 Å². The van der Waals surface area contributed by atoms with Gasteiger partial charge in [0, 0.05) is 11.1 Å². The van der Waals surface area contributed by atoms with Crippen LogP contribution in [0.1, 0.15) is 58.5 Å². The van der Waals surface area contributed by atoms with Gasteiger partial charge in [0.2, 0.25) is 0 Å². The molecule has 0 aliphatic heterocycles. The molecule has 0 atom stereocenters. The second-order valence-corrected chi connectivity index (χ2v) is 5.97. The van der Waals surface area contributed by atoms with Gasteiger partial charge in [-0.05, 0) is 49.0 Å². The molecule has 0 saturated carbocycles. The Balaban J connectivity index is 1.96. The van der Waals surface area contributed by atoms with Gasteiger partial charge in [-0.2, -0.15) is 0 Å². The maximum atomic E-state index is 11.3. The second-order valence-electron chi connectivity index (χ2n) is 5.97. The van der Waals surface area contributed by atoms with Crippen molar-refractivity contribution in [3.8, 4) is 0 Å². The molecule has 0 aromatic heterocycles. The SMILES string of the molecule is C=C(CCC(=C)c1ccc(C(C)=O)cc1)c1ccc(C(C)=O)cc1. The third-order valence-electron chi connectivity index (χ3n) is 4.13. The van der Waals surface area contributed by atoms with Crippen LogP contribution in [0.2, 0.25) is 0 Å². The smallest absolute Gasteiger partial charge is 0.159 e. The number of carbonyl (C=O) groups is 2. The number of hydrogen-bond acceptors (Lipinski definition) is 2. The zero-order chi connectivity index (χ0) is 17.7. The van der Waals surface area contributed by atoms with Gasteiger partial charge in [-0.25, -0.2) is 0 Å². The van der Waals surface area contributed by atoms with Gasteiger partial charge in [0.1, 0.15) is 0 Å². The lowest BCUT2D eigenvalue weighted by Gasteiger charge is -2.10. The zero-order valence-corrected chi connectivity index (χ0v) is 14.3. The molecular formula is C22H22O2. The van der Waals surface area contributed by atoms with Gasteiger partial charge in [0.15, 0.2) is 11.6 Å². The van der Waals surface area contributed by atoms with Crippen LogP contribution in [0.25, 0.3) is 11.1 Å². The fourth-order valence-electron chi connectivity index (χ4n) is 2.47. The predicted molar refractivity (Wildman–Crippen MR) is 100 cm³/mol. The van der Waals surface area contributed by atoms with Gasteiger partial charge in [-0.15, -0.1) is 0 Å². The van der Waals surface area contributed by atoms with E-state index in [9.17, 15) is 9.59 Å². The summed E-state index contributed by atoms with van der Waals surface area (Å²) in [5.74, 6) is 0.129. The van der Waals surface area contributed by atoms with Crippen molar-refractivity contribution in [3.63, 3.8) is 0 Å². The molecule has 0 bridgehead atoms. The molecule has 0 radical (unpaired) electrons. The maximum absolute atomic E-state index is 11.3. The van der Waals surface area contributed by atoms with Crippen molar-refractivity contribution >= 4 is 22.7 Å². The minimum Gasteiger partial charge on any atom is -0.295 e. The van der Waals surface area contributed by atoms with Crippen molar-refractivity contribution in [2.45, 2.75) is 26.7 Å². The number of carbonyl (C=O) groups excluding carboxylic acids is 2. The summed E-state index contributed by atoms with van der Waals surface area (Å²) < 4.78 is 0. The Morgan fingerprint density at radius 2 is 0.875 bits per heavy atom. The van der Waals surface area contributed by atoms with E-state index in [2.05, 4.69) is 13.2 Å². The lowest BCUT2D eigenvalue weighted by atomic mass is 9.95. The van der Waals surface area contributed by atoms with Crippen LogP contribution in [-0.2, 0) is 0 Å². The molecule has 0 saturated heterocycles. The Hall–Kier alpha value is -2.74. The number of Topliss-reactive ketones (excluding diaryl/α,β-unsaturated/α-hetero) is 2. The highest BCUT2D eigenvalue weighted by atomic mass is 16.1. The molecule has 0 aliphatic carbocycles. The molecule has 2 aromatic carbocycles. The van der Waals surface area contributed by atoms with Crippen LogP contribution in [0, 0.1) is 0 Å². The molecule has 24 heavy (non-hydrogen) atoms. The number of allylic oxidation sites excluding steroid dienone is 2. The summed E-state index contributed by atoms with van der Waals surface area (Å²) in [6.07, 6.45) is 1.60. The van der Waals surface area contributed by atoms with Crippen molar-refractivity contribution in [1.82, 2.24) is 0 Å². The zero-order valence-electron chi connectivity index (χ0n) is 14.3. The van der Waals surface area contributed by atoms with E-state index in [4.69, 9.17) is 0 Å². The number of ketones is 2. The highest BCUT2D eigenvalue weighted by Gasteiger charge is 2.05. The maximum Gasteiger partial charge on any atom is 0.159 e. The summed E-state index contributed by atoms with van der Waals surface area (Å²) in [5.41, 5.74) is 5.54. The minimum atomic E-state index is 0.0644. The first-order valence-electron chi connectivity index (χ1n) is 7.97. The van der Waals surface area contributed by atoms with Crippen LogP contribution in [0.4, 0.5) is 0 Å². The van der Waals surface area contributed by atoms with Gasteiger partial charge in [-0.3, -0.25) is 9.59 Å². The Kier molecular flexibility index (Phi) is 5.64. The lowest BCUT2D eigenvalue weighted by Crippen LogP contribution is -1.93. The van der Waals surface area contributed by atoms with Crippen molar-refractivity contribution < 1.29 is 9.59 Å². The van der Waals surface area contributed by atoms with E-state index in [0.29, 0.717) is 11.1 Å². The number of benzene rings is 2. The van der Waals surface area contributed by atoms with Crippen LogP contribution in [0.5, 0.6) is 0 Å². The van der Waals surface area contributed by atoms with Crippen LogP contribution in [0.15, 0.2) is 61.7 Å². The Morgan fingerprint density at radius 1 is 0.625 bits per heavy atom. The molecule has 2 nitrogen and oxygen atoms in total. The summed E-state index contributed by atoms with van der Waals surface area (Å²) in [4.78, 5) is 22.6. The third kappa shape index (κ3) is 4.39. The summed E-state index contributed by atoms with van der Waals surface area (Å²) in [6.45, 7) is 11.4. The predicted octanol–water partition coefficient (Wildman–Crippen LogP) is 5.60. The van der Waals surface area contributed by atoms with Crippen molar-refractivity contribution in [2.24, 2.45) is 0 Å². The fourth-order valence-corrected chi connectivity index (χ4v) is 2.47. The van der Waals surface area contributed by atoms with Gasteiger partial charge in [-0.1, -0.05) is 61.7 Å². The third-order valence-corrected chi connectivity index (χ3v) is 4.13. The Bertz CT molecular complexity index is 708. The van der Waals surface area contributed by atoms with Crippen LogP contribution >= 0.6 is 0 Å². The Morgan fingerprint density at radius 3 is 1.12 bits per heavy atom. The quantitative estimate of drug-likeness (QED) is 0.623. The average Bonchev–Trinajstić information content (AvgIpc) is 2.59. The van der Waals surface area contributed by atoms with Crippen LogP contribution < -0.4 is 0 Å². The summed E-state index contributed by atoms with van der Waals surface area (Å²) >= 11 is 0. The van der Waals surface area contributed by atoms with Crippen molar-refractivity contribution in [2.75, 3.05) is 0 Å². The van der Waals surface area contributed by atoms with Crippen molar-refractivity contribution in [1.29, 1.82) is 0 Å². The standard InChI is InChI=1S/C22H22O2/c1-15(19-7-11-21(12-8-19)17(3)23)5-6-16(2)20-9-13-22(14-10-20)18(4)24/h7-14H,1-2,5-6H2,3-4H3. The minimum absolute atomic E-state index is 0.0644. The molecule has 0 aliphatic rings. The van der Waals surface area contributed by atoms with Gasteiger partial charge >= 0.3 is 0 Å². The first kappa shape index (κ1) is 17.6. The average molecular weight is 318 g/mol. The molecule has 0 spiro atoms. The molecule has 122 valence electrons. The molecule has 0 N–H and O–H groups in total. The van der Waals surface area contributed by atoms with Gasteiger partial charge in [0.25, 0.3) is 0 Å². The highest BCUT2D eigenvalue weighted by Crippen LogP contribution is 2.25. The molecule has 2 aromatic rings. The topological polar surface area (TPSA) is 34.1 Å². The van der Waals surface area contributed by atoms with E-state index in [-0.39, 0.29) is 11.6 Å². The van der Waals surface area contributed by atoms with Gasteiger partial charge < -0.3 is 0 Å². The lowest BCUT2D eigenvalue weighted by molar-refractivity contribution is 0.100. The number of rotatable bonds is 7. The fraction of sp³-hybridized carbons (Fsp3) is 0.182. The van der Waals surface area contributed by atoms with E-state index in [1.54, 1.807) is 13.8 Å². The monoisotopic (exact) mass is 318 g/mol. The molecule has 2 heteroatoms. The molecule has 0 fully saturated rings. The van der Waals surface area contributed by atoms with E-state index in [1.807, 2.05) is 48.5 Å². The van der Waals surface area contributed by atoms with Crippen LogP contribution in [-0.4, -0.2) is 11.6 Å². The summed E-state index contributed by atoms with van der Waals surface area (Å²) in [5, 5.41) is 0. The van der Waals surface area contributed by atoms with E-state index in [1.165, 1.54) is 0 Å². The van der Waals surface area contributed by atoms with E-state index in [0.717, 1.165) is 35.1 Å². The van der Waals surface area contributed by atoms with Crippen LogP contribution in [0.3, 0.4) is 0 Å². The normalized spacial score (nSPS) is 10.2. The van der Waals surface area contributed by atoms with E-state index >= 15 is 0 Å². The van der Waals surface area contributed by atoms with Gasteiger partial charge in [0.05, 0.1) is 0 Å². The molecule has 2 rings (SSSR count). The first-order chi connectivity index (χ1) is 11.4. The highest BCUT2D eigenvalue weighted by molar-refractivity contribution is 5.94. The molecular weight excluding hydrogens is 296 g/mol. The van der Waals surface area contributed by atoms with Crippen molar-refractivity contribution in [3.05, 3.63) is 83.9 Å².